The number of hydrogen-bond donors (Lipinski definition) is 0. The van der Waals surface area contributed by atoms with Gasteiger partial charge in [-0.1, -0.05) is 0 Å². The van der Waals surface area contributed by atoms with Gasteiger partial charge in [-0.15, -0.1) is 0 Å². The predicted molar refractivity (Wildman–Crippen MR) is 130 cm³/mol. The maximum Gasteiger partial charge on any atom is 0.213 e. The highest BCUT2D eigenvalue weighted by Crippen LogP contribution is 2.40. The highest BCUT2D eigenvalue weighted by Gasteiger charge is 2.27. The topological polar surface area (TPSA) is 53.3 Å². The molecule has 0 saturated carbocycles. The molecule has 2 aromatic carbocycles. The second-order valence-electron chi connectivity index (χ2n) is 8.72. The molecule has 3 heterocycles. The fourth-order valence-electron chi connectivity index (χ4n) is 4.93. The molecule has 0 bridgehead atoms. The summed E-state index contributed by atoms with van der Waals surface area (Å²) in [6.07, 6.45) is 4.09. The molecule has 0 amide bonds. The Labute approximate surface area is 200 Å². The molecule has 2 aliphatic rings. The Bertz CT molecular complexity index is 1170. The van der Waals surface area contributed by atoms with Crippen molar-refractivity contribution in [3.8, 4) is 34.3 Å². The number of aromatic nitrogens is 1. The highest BCUT2D eigenvalue weighted by atomic mass is 16.5. The summed E-state index contributed by atoms with van der Waals surface area (Å²) in [5.74, 6) is 3.10. The molecule has 0 unspecified atom stereocenters. The van der Waals surface area contributed by atoms with Crippen LogP contribution in [0, 0.1) is 0 Å². The zero-order chi connectivity index (χ0) is 23.5. The number of methoxy groups -OCH3 is 3. The van der Waals surface area contributed by atoms with Crippen LogP contribution in [-0.4, -0.2) is 65.7 Å². The summed E-state index contributed by atoms with van der Waals surface area (Å²) >= 11 is 0. The zero-order valence-electron chi connectivity index (χ0n) is 20.3. The number of ether oxygens (including phenoxy) is 5. The molecule has 1 fully saturated rings. The predicted octanol–water partition coefficient (Wildman–Crippen LogP) is 3.48. The quantitative estimate of drug-likeness (QED) is 0.375. The van der Waals surface area contributed by atoms with Crippen LogP contribution in [0.25, 0.3) is 22.0 Å². The first kappa shape index (κ1) is 22.7. The SMILES string of the molecule is COc1cc2c(cc1OC)-c1cc3ccc(OC)c(OCCCN4CCOCC4)c3c[n+]1CC2. The third-order valence-corrected chi connectivity index (χ3v) is 6.78. The summed E-state index contributed by atoms with van der Waals surface area (Å²) in [4.78, 5) is 2.43. The molecule has 0 spiro atoms. The van der Waals surface area contributed by atoms with E-state index in [9.17, 15) is 0 Å². The Morgan fingerprint density at radius 1 is 0.941 bits per heavy atom. The van der Waals surface area contributed by atoms with E-state index >= 15 is 0 Å². The van der Waals surface area contributed by atoms with E-state index in [1.807, 2.05) is 6.07 Å². The first-order chi connectivity index (χ1) is 16.7. The molecule has 0 N–H and O–H groups in total. The van der Waals surface area contributed by atoms with Gasteiger partial charge >= 0.3 is 0 Å². The summed E-state index contributed by atoms with van der Waals surface area (Å²) in [5.41, 5.74) is 3.61. The minimum absolute atomic E-state index is 0.647. The smallest absolute Gasteiger partial charge is 0.213 e. The molecular formula is C27H33N2O5+. The van der Waals surface area contributed by atoms with E-state index in [0.29, 0.717) is 6.61 Å². The number of pyridine rings is 1. The molecular weight excluding hydrogens is 432 g/mol. The van der Waals surface area contributed by atoms with Crippen molar-refractivity contribution >= 4 is 10.8 Å². The third kappa shape index (κ3) is 4.38. The van der Waals surface area contributed by atoms with Crippen molar-refractivity contribution in [3.05, 3.63) is 42.1 Å². The second kappa shape index (κ2) is 10.1. The van der Waals surface area contributed by atoms with Crippen LogP contribution in [0.5, 0.6) is 23.0 Å². The zero-order valence-corrected chi connectivity index (χ0v) is 20.3. The molecule has 0 atom stereocenters. The molecule has 0 radical (unpaired) electrons. The van der Waals surface area contributed by atoms with Crippen LogP contribution in [0.4, 0.5) is 0 Å². The van der Waals surface area contributed by atoms with Crippen LogP contribution in [-0.2, 0) is 17.7 Å². The second-order valence-corrected chi connectivity index (χ2v) is 8.72. The van der Waals surface area contributed by atoms with Gasteiger partial charge in [-0.25, -0.2) is 0 Å². The fourth-order valence-corrected chi connectivity index (χ4v) is 4.93. The average Bonchev–Trinajstić information content (AvgIpc) is 2.89. The first-order valence-electron chi connectivity index (χ1n) is 11.9. The van der Waals surface area contributed by atoms with Crippen molar-refractivity contribution in [1.82, 2.24) is 4.90 Å². The minimum Gasteiger partial charge on any atom is -0.493 e. The summed E-state index contributed by atoms with van der Waals surface area (Å²) in [5, 5.41) is 2.19. The number of morpholine rings is 1. The maximum atomic E-state index is 6.33. The van der Waals surface area contributed by atoms with Crippen molar-refractivity contribution in [2.75, 3.05) is 60.8 Å². The molecule has 2 aliphatic heterocycles. The fraction of sp³-hybridized carbons (Fsp3) is 0.444. The molecule has 0 aliphatic carbocycles. The Balaban J connectivity index is 1.44. The van der Waals surface area contributed by atoms with Crippen LogP contribution in [0.1, 0.15) is 12.0 Å². The summed E-state index contributed by atoms with van der Waals surface area (Å²) in [6.45, 7) is 6.19. The molecule has 34 heavy (non-hydrogen) atoms. The van der Waals surface area contributed by atoms with E-state index < -0.39 is 0 Å². The number of nitrogens with zero attached hydrogens (tertiary/aromatic N) is 2. The Kier molecular flexibility index (Phi) is 6.74. The molecule has 3 aromatic rings. The lowest BCUT2D eigenvalue weighted by atomic mass is 9.95. The molecule has 180 valence electrons. The van der Waals surface area contributed by atoms with E-state index in [4.69, 9.17) is 23.7 Å². The maximum absolute atomic E-state index is 6.33. The van der Waals surface area contributed by atoms with Crippen LogP contribution >= 0.6 is 0 Å². The van der Waals surface area contributed by atoms with Gasteiger partial charge in [0.15, 0.2) is 35.7 Å². The number of fused-ring (bicyclic) bond motifs is 4. The third-order valence-electron chi connectivity index (χ3n) is 6.78. The van der Waals surface area contributed by atoms with E-state index in [2.05, 4.69) is 39.9 Å². The Hall–Kier alpha value is -3.03. The van der Waals surface area contributed by atoms with Gasteiger partial charge in [0.05, 0.1) is 52.1 Å². The normalized spacial score (nSPS) is 15.5. The van der Waals surface area contributed by atoms with Gasteiger partial charge in [0, 0.05) is 32.1 Å². The standard InChI is InChI=1S/C27H33N2O5/c1-30-24-6-5-19-15-23-21-17-26(32-3)25(31-2)16-20(21)7-9-29(23)18-22(19)27(24)34-12-4-8-28-10-13-33-14-11-28/h5-6,15-18H,4,7-14H2,1-3H3/q+1. The largest absolute Gasteiger partial charge is 0.493 e. The lowest BCUT2D eigenvalue weighted by Crippen LogP contribution is -2.40. The van der Waals surface area contributed by atoms with Crippen LogP contribution in [0.3, 0.4) is 0 Å². The number of benzene rings is 2. The number of rotatable bonds is 8. The number of aryl methyl sites for hydroxylation is 2. The molecule has 1 aromatic heterocycles. The molecule has 5 rings (SSSR count). The Morgan fingerprint density at radius 2 is 1.71 bits per heavy atom. The monoisotopic (exact) mass is 465 g/mol. The van der Waals surface area contributed by atoms with E-state index in [1.165, 1.54) is 11.1 Å². The summed E-state index contributed by atoms with van der Waals surface area (Å²) in [7, 11) is 5.05. The van der Waals surface area contributed by atoms with Gasteiger partial charge < -0.3 is 23.7 Å². The van der Waals surface area contributed by atoms with Crippen LogP contribution < -0.4 is 23.5 Å². The first-order valence-corrected chi connectivity index (χ1v) is 11.9. The lowest BCUT2D eigenvalue weighted by Gasteiger charge is -2.26. The van der Waals surface area contributed by atoms with Crippen LogP contribution in [0.15, 0.2) is 36.5 Å². The minimum atomic E-state index is 0.647. The molecule has 7 nitrogen and oxygen atoms in total. The van der Waals surface area contributed by atoms with E-state index in [-0.39, 0.29) is 0 Å². The van der Waals surface area contributed by atoms with E-state index in [0.717, 1.165) is 91.7 Å². The van der Waals surface area contributed by atoms with Crippen molar-refractivity contribution in [1.29, 1.82) is 0 Å². The van der Waals surface area contributed by atoms with Gasteiger partial charge in [-0.2, -0.15) is 4.57 Å². The Morgan fingerprint density at radius 3 is 2.47 bits per heavy atom. The average molecular weight is 466 g/mol. The van der Waals surface area contributed by atoms with Gasteiger partial charge in [-0.05, 0) is 41.6 Å². The number of hydrogen-bond acceptors (Lipinski definition) is 6. The lowest BCUT2D eigenvalue weighted by molar-refractivity contribution is -0.686. The highest BCUT2D eigenvalue weighted by molar-refractivity contribution is 5.91. The van der Waals surface area contributed by atoms with Crippen molar-refractivity contribution in [2.24, 2.45) is 0 Å². The van der Waals surface area contributed by atoms with Crippen LogP contribution in [0.2, 0.25) is 0 Å². The van der Waals surface area contributed by atoms with E-state index in [1.54, 1.807) is 21.3 Å². The van der Waals surface area contributed by atoms with Gasteiger partial charge in [-0.3, -0.25) is 4.90 Å². The van der Waals surface area contributed by atoms with Gasteiger partial charge in [0.1, 0.15) is 0 Å². The van der Waals surface area contributed by atoms with Gasteiger partial charge in [0.25, 0.3) is 0 Å². The van der Waals surface area contributed by atoms with Crippen molar-refractivity contribution in [2.45, 2.75) is 19.4 Å². The molecule has 1 saturated heterocycles. The van der Waals surface area contributed by atoms with Gasteiger partial charge in [0.2, 0.25) is 5.69 Å². The van der Waals surface area contributed by atoms with Crippen molar-refractivity contribution in [3.63, 3.8) is 0 Å². The summed E-state index contributed by atoms with van der Waals surface area (Å²) < 4.78 is 30.8. The summed E-state index contributed by atoms with van der Waals surface area (Å²) in [6, 6.07) is 10.5. The molecule has 7 heteroatoms. The van der Waals surface area contributed by atoms with Crippen molar-refractivity contribution < 1.29 is 28.3 Å².